The van der Waals surface area contributed by atoms with E-state index in [-0.39, 0.29) is 34.8 Å². The van der Waals surface area contributed by atoms with Gasteiger partial charge >= 0.3 is 12.1 Å². The van der Waals surface area contributed by atoms with Gasteiger partial charge in [0.2, 0.25) is 0 Å². The van der Waals surface area contributed by atoms with Gasteiger partial charge < -0.3 is 24.6 Å². The zero-order chi connectivity index (χ0) is 34.2. The Morgan fingerprint density at radius 2 is 1.94 bits per heavy atom. The predicted molar refractivity (Wildman–Crippen MR) is 172 cm³/mol. The highest BCUT2D eigenvalue weighted by Crippen LogP contribution is 2.43. The Hall–Kier alpha value is -4.37. The summed E-state index contributed by atoms with van der Waals surface area (Å²) in [4.78, 5) is 39.1. The number of anilines is 2. The van der Waals surface area contributed by atoms with Gasteiger partial charge in [-0.2, -0.15) is 13.2 Å². The third-order valence-electron chi connectivity index (χ3n) is 9.44. The van der Waals surface area contributed by atoms with E-state index < -0.39 is 23.5 Å². The summed E-state index contributed by atoms with van der Waals surface area (Å²) >= 11 is 0. The van der Waals surface area contributed by atoms with Crippen LogP contribution in [0.3, 0.4) is 0 Å². The number of aromatic nitrogens is 5. The van der Waals surface area contributed by atoms with Gasteiger partial charge in [0, 0.05) is 63.9 Å². The lowest BCUT2D eigenvalue weighted by atomic mass is 9.69. The number of imidazole rings is 1. The molecule has 48 heavy (non-hydrogen) atoms. The molecule has 1 saturated carbocycles. The average Bonchev–Trinajstić information content (AvgIpc) is 3.47. The Labute approximate surface area is 275 Å². The molecule has 0 amide bonds. The number of H-pyrrole nitrogens is 1. The molecular formula is C33H38F4N8O3. The molecule has 1 atom stereocenters. The molecule has 0 unspecified atom stereocenters. The molecule has 1 aliphatic heterocycles. The van der Waals surface area contributed by atoms with E-state index in [2.05, 4.69) is 41.6 Å². The van der Waals surface area contributed by atoms with E-state index >= 15 is 0 Å². The fourth-order valence-electron chi connectivity index (χ4n) is 6.74. The number of aromatic amines is 1. The monoisotopic (exact) mass is 670 g/mol. The fourth-order valence-corrected chi connectivity index (χ4v) is 6.74. The number of alkyl halides is 3. The van der Waals surface area contributed by atoms with Crippen molar-refractivity contribution in [2.24, 2.45) is 5.41 Å². The van der Waals surface area contributed by atoms with Gasteiger partial charge in [-0.25, -0.2) is 24.3 Å². The molecule has 15 heteroatoms. The molecule has 256 valence electrons. The number of hydrogen-bond donors (Lipinski definition) is 2. The second kappa shape index (κ2) is 13.3. The number of ether oxygens (including phenoxy) is 1. The maximum absolute atomic E-state index is 14.2. The summed E-state index contributed by atoms with van der Waals surface area (Å²) in [5.74, 6) is -1.10. The summed E-state index contributed by atoms with van der Waals surface area (Å²) in [6.07, 6.45) is 1.57. The molecule has 0 spiro atoms. The number of nitrogens with zero attached hydrogens (tertiary/aromatic N) is 7. The topological polar surface area (TPSA) is 124 Å². The van der Waals surface area contributed by atoms with Crippen LogP contribution in [-0.2, 0) is 15.7 Å². The van der Waals surface area contributed by atoms with Crippen LogP contribution >= 0.6 is 0 Å². The number of methoxy groups -OCH3 is 1. The maximum atomic E-state index is 14.2. The largest absolute Gasteiger partial charge is 0.481 e. The first-order chi connectivity index (χ1) is 22.9. The van der Waals surface area contributed by atoms with Crippen LogP contribution < -0.4 is 9.80 Å². The Morgan fingerprint density at radius 1 is 1.15 bits per heavy atom. The van der Waals surface area contributed by atoms with Gasteiger partial charge in [0.15, 0.2) is 11.5 Å². The predicted octanol–water partition coefficient (Wildman–Crippen LogP) is 5.48. The van der Waals surface area contributed by atoms with Gasteiger partial charge in [-0.1, -0.05) is 6.42 Å². The molecule has 6 rings (SSSR count). The quantitative estimate of drug-likeness (QED) is 0.199. The molecule has 2 N–H and O–H groups in total. The molecule has 11 nitrogen and oxygen atoms in total. The van der Waals surface area contributed by atoms with Crippen LogP contribution in [0.15, 0.2) is 36.7 Å². The Morgan fingerprint density at radius 3 is 2.56 bits per heavy atom. The molecule has 4 aromatic rings. The molecule has 3 aromatic heterocycles. The van der Waals surface area contributed by atoms with Crippen molar-refractivity contribution in [3.63, 3.8) is 0 Å². The van der Waals surface area contributed by atoms with Crippen molar-refractivity contribution in [3.05, 3.63) is 48.0 Å². The molecule has 1 aliphatic carbocycles. The van der Waals surface area contributed by atoms with Crippen LogP contribution in [0.5, 0.6) is 0 Å². The number of carboxylic acids is 1. The summed E-state index contributed by atoms with van der Waals surface area (Å²) in [5, 5.41) is 9.03. The smallest absolute Gasteiger partial charge is 0.419 e. The third kappa shape index (κ3) is 6.92. The number of fused-ring (bicyclic) bond motifs is 1. The zero-order valence-electron chi connectivity index (χ0n) is 27.0. The molecule has 1 saturated heterocycles. The summed E-state index contributed by atoms with van der Waals surface area (Å²) in [5.41, 5.74) is 0.903. The summed E-state index contributed by atoms with van der Waals surface area (Å²) < 4.78 is 60.5. The number of rotatable bonds is 11. The first-order valence-corrected chi connectivity index (χ1v) is 15.9. The third-order valence-corrected chi connectivity index (χ3v) is 9.44. The zero-order valence-corrected chi connectivity index (χ0v) is 27.0. The van der Waals surface area contributed by atoms with Crippen LogP contribution in [0.2, 0.25) is 0 Å². The van der Waals surface area contributed by atoms with E-state index in [1.54, 1.807) is 25.6 Å². The molecule has 0 bridgehead atoms. The summed E-state index contributed by atoms with van der Waals surface area (Å²) in [6.45, 7) is 5.82. The lowest BCUT2D eigenvalue weighted by molar-refractivity contribution is -0.140. The number of aliphatic carboxylic acids is 1. The number of benzene rings is 1. The Balaban J connectivity index is 1.32. The van der Waals surface area contributed by atoms with Gasteiger partial charge in [-0.15, -0.1) is 0 Å². The van der Waals surface area contributed by atoms with Gasteiger partial charge in [0.1, 0.15) is 22.8 Å². The number of carbonyl (C=O) groups is 1. The van der Waals surface area contributed by atoms with Gasteiger partial charge in [0.05, 0.1) is 42.4 Å². The van der Waals surface area contributed by atoms with Crippen molar-refractivity contribution >= 4 is 28.6 Å². The first kappa shape index (κ1) is 33.5. The van der Waals surface area contributed by atoms with Crippen molar-refractivity contribution in [2.75, 3.05) is 63.3 Å². The maximum Gasteiger partial charge on any atom is 0.419 e. The first-order valence-electron chi connectivity index (χ1n) is 15.9. The van der Waals surface area contributed by atoms with E-state index in [4.69, 9.17) is 9.84 Å². The second-order valence-electron chi connectivity index (χ2n) is 12.9. The summed E-state index contributed by atoms with van der Waals surface area (Å²) in [7, 11) is 3.59. The number of pyridine rings is 1. The standard InChI is InChI=1S/C33H38F4N8O3/c1-20-17-45(12-11-44(20)10-7-28(46)47)27-16-38-25(15-39-27)30-41-29-26(43(2)18-32(19-48-3)8-4-9-32)14-24(40-31(29)42-30)21-5-6-23(34)22(13-21)33(35,36)37/h5-6,13-16,20H,4,7-12,17-19H2,1-3H3,(H,46,47)(H,40,41,42)/t20-/m0/s1. The highest BCUT2D eigenvalue weighted by atomic mass is 19.4. The van der Waals surface area contributed by atoms with Crippen LogP contribution in [0.4, 0.5) is 29.1 Å². The van der Waals surface area contributed by atoms with Crippen molar-refractivity contribution in [2.45, 2.75) is 44.8 Å². The molecular weight excluding hydrogens is 632 g/mol. The molecule has 4 heterocycles. The van der Waals surface area contributed by atoms with E-state index in [1.807, 2.05) is 11.9 Å². The minimum atomic E-state index is -4.86. The van der Waals surface area contributed by atoms with Gasteiger partial charge in [-0.05, 0) is 44.0 Å². The number of nitrogens with one attached hydrogen (secondary N) is 1. The fraction of sp³-hybridized carbons (Fsp3) is 0.485. The SMILES string of the molecule is COCC1(CN(C)c2cc(-c3ccc(F)c(C(F)(F)F)c3)nc3nc(-c4cnc(N5CCN(CCC(=O)O)[C@@H](C)C5)cn4)[nH]c23)CCC1. The molecule has 2 fully saturated rings. The minimum absolute atomic E-state index is 0.0536. The van der Waals surface area contributed by atoms with Crippen molar-refractivity contribution in [1.29, 1.82) is 0 Å². The number of hydrogen-bond acceptors (Lipinski definition) is 9. The van der Waals surface area contributed by atoms with E-state index in [0.29, 0.717) is 67.9 Å². The molecule has 0 radical (unpaired) electrons. The van der Waals surface area contributed by atoms with Crippen LogP contribution in [0.25, 0.3) is 33.9 Å². The number of halogens is 4. The number of carboxylic acid groups (broad SMARTS) is 1. The average molecular weight is 671 g/mol. The second-order valence-corrected chi connectivity index (χ2v) is 12.9. The van der Waals surface area contributed by atoms with Crippen molar-refractivity contribution < 1.29 is 32.2 Å². The van der Waals surface area contributed by atoms with E-state index in [1.165, 1.54) is 6.07 Å². The lowest BCUT2D eigenvalue weighted by Gasteiger charge is -2.44. The van der Waals surface area contributed by atoms with Crippen LogP contribution in [-0.4, -0.2) is 100 Å². The van der Waals surface area contributed by atoms with Crippen molar-refractivity contribution in [3.8, 4) is 22.8 Å². The van der Waals surface area contributed by atoms with E-state index in [0.717, 1.165) is 31.4 Å². The van der Waals surface area contributed by atoms with Gasteiger partial charge in [0.25, 0.3) is 0 Å². The highest BCUT2D eigenvalue weighted by Gasteiger charge is 2.39. The normalized spacial score (nSPS) is 18.2. The van der Waals surface area contributed by atoms with Crippen LogP contribution in [0.1, 0.15) is 38.2 Å². The number of piperazine rings is 1. The van der Waals surface area contributed by atoms with Crippen LogP contribution in [0, 0.1) is 11.2 Å². The molecule has 1 aromatic carbocycles. The molecule has 2 aliphatic rings. The summed E-state index contributed by atoms with van der Waals surface area (Å²) in [6, 6.07) is 4.70. The highest BCUT2D eigenvalue weighted by molar-refractivity contribution is 5.91. The van der Waals surface area contributed by atoms with Gasteiger partial charge in [-0.3, -0.25) is 9.69 Å². The van der Waals surface area contributed by atoms with Crippen molar-refractivity contribution in [1.82, 2.24) is 29.8 Å². The minimum Gasteiger partial charge on any atom is -0.481 e. The lowest BCUT2D eigenvalue weighted by Crippen LogP contribution is -2.52. The van der Waals surface area contributed by atoms with E-state index in [9.17, 15) is 22.4 Å². The Kier molecular flexibility index (Phi) is 9.27. The Bertz CT molecular complexity index is 1780.